The van der Waals surface area contributed by atoms with E-state index in [-0.39, 0.29) is 18.6 Å². The molecule has 2 aliphatic heterocycles. The highest BCUT2D eigenvalue weighted by molar-refractivity contribution is 5.50. The summed E-state index contributed by atoms with van der Waals surface area (Å²) in [5.41, 5.74) is 0. The largest absolute Gasteiger partial charge is 0.401 e. The fourth-order valence-corrected chi connectivity index (χ4v) is 3.77. The lowest BCUT2D eigenvalue weighted by molar-refractivity contribution is -0.150. The summed E-state index contributed by atoms with van der Waals surface area (Å²) >= 11 is 0. The van der Waals surface area contributed by atoms with Crippen LogP contribution in [0.15, 0.2) is 12.4 Å². The summed E-state index contributed by atoms with van der Waals surface area (Å²) < 4.78 is 38.0. The van der Waals surface area contributed by atoms with E-state index in [0.29, 0.717) is 19.6 Å². The van der Waals surface area contributed by atoms with Crippen LogP contribution in [0, 0.1) is 5.92 Å². The van der Waals surface area contributed by atoms with Crippen LogP contribution >= 0.6 is 0 Å². The number of anilines is 2. The Hall–Kier alpha value is -1.61. The molecule has 1 N–H and O–H groups in total. The Morgan fingerprint density at radius 3 is 2.42 bits per heavy atom. The average Bonchev–Trinajstić information content (AvgIpc) is 2.62. The predicted octanol–water partition coefficient (Wildman–Crippen LogP) is 1.76. The molecule has 2 unspecified atom stereocenters. The lowest BCUT2D eigenvalue weighted by atomic mass is 9.99. The zero-order valence-electron chi connectivity index (χ0n) is 15.0. The van der Waals surface area contributed by atoms with Crippen LogP contribution in [0.1, 0.15) is 19.8 Å². The van der Waals surface area contributed by atoms with Gasteiger partial charge in [0.05, 0.1) is 6.54 Å². The minimum absolute atomic E-state index is 0.174. The van der Waals surface area contributed by atoms with Crippen LogP contribution in [0.5, 0.6) is 0 Å². The summed E-state index contributed by atoms with van der Waals surface area (Å²) in [7, 11) is 0. The summed E-state index contributed by atoms with van der Waals surface area (Å²) in [6, 6.07) is 1.71. The maximum atomic E-state index is 12.7. The Morgan fingerprint density at radius 1 is 1.12 bits per heavy atom. The zero-order chi connectivity index (χ0) is 18.7. The molecule has 3 rings (SSSR count). The summed E-state index contributed by atoms with van der Waals surface area (Å²) in [6.07, 6.45) is -0.628. The van der Waals surface area contributed by atoms with E-state index in [1.807, 2.05) is 17.9 Å². The van der Waals surface area contributed by atoms with Crippen molar-refractivity contribution < 1.29 is 18.3 Å². The van der Waals surface area contributed by atoms with Crippen molar-refractivity contribution in [2.75, 3.05) is 55.7 Å². The number of halogens is 3. The molecule has 26 heavy (non-hydrogen) atoms. The number of aliphatic hydroxyl groups is 1. The first-order valence-electron chi connectivity index (χ1n) is 9.09. The highest BCUT2D eigenvalue weighted by Gasteiger charge is 2.35. The van der Waals surface area contributed by atoms with Crippen LogP contribution < -0.4 is 9.80 Å². The molecule has 0 aliphatic carbocycles. The predicted molar refractivity (Wildman–Crippen MR) is 93.4 cm³/mol. The smallest absolute Gasteiger partial charge is 0.396 e. The van der Waals surface area contributed by atoms with Crippen molar-refractivity contribution in [1.82, 2.24) is 14.9 Å². The van der Waals surface area contributed by atoms with E-state index in [0.717, 1.165) is 37.6 Å². The maximum absolute atomic E-state index is 12.7. The molecule has 0 saturated carbocycles. The summed E-state index contributed by atoms with van der Waals surface area (Å²) in [6.45, 7) is 4.15. The van der Waals surface area contributed by atoms with Crippen LogP contribution in [-0.4, -0.2) is 78.1 Å². The Morgan fingerprint density at radius 2 is 1.81 bits per heavy atom. The Labute approximate surface area is 151 Å². The number of piperidine rings is 1. The monoisotopic (exact) mass is 373 g/mol. The molecular formula is C17H26F3N5O. The first-order chi connectivity index (χ1) is 12.4. The molecule has 0 radical (unpaired) electrons. The molecule has 2 fully saturated rings. The van der Waals surface area contributed by atoms with Gasteiger partial charge in [0, 0.05) is 51.4 Å². The van der Waals surface area contributed by atoms with E-state index in [1.165, 1.54) is 11.2 Å². The van der Waals surface area contributed by atoms with Gasteiger partial charge >= 0.3 is 6.18 Å². The minimum atomic E-state index is -4.17. The van der Waals surface area contributed by atoms with Gasteiger partial charge in [-0.15, -0.1) is 0 Å². The highest BCUT2D eigenvalue weighted by Crippen LogP contribution is 2.26. The van der Waals surface area contributed by atoms with E-state index in [9.17, 15) is 18.3 Å². The van der Waals surface area contributed by atoms with Gasteiger partial charge in [-0.1, -0.05) is 0 Å². The molecule has 0 amide bonds. The van der Waals surface area contributed by atoms with Crippen molar-refractivity contribution in [3.8, 4) is 0 Å². The number of rotatable bonds is 4. The van der Waals surface area contributed by atoms with Gasteiger partial charge in [-0.2, -0.15) is 13.2 Å². The zero-order valence-corrected chi connectivity index (χ0v) is 15.0. The van der Waals surface area contributed by atoms with Gasteiger partial charge in [-0.05, 0) is 25.7 Å². The Kier molecular flexibility index (Phi) is 5.86. The molecule has 0 aromatic carbocycles. The minimum Gasteiger partial charge on any atom is -0.396 e. The number of nitrogens with zero attached hydrogens (tertiary/aromatic N) is 5. The van der Waals surface area contributed by atoms with E-state index in [4.69, 9.17) is 0 Å². The molecule has 1 aromatic rings. The quantitative estimate of drug-likeness (QED) is 0.868. The third-order valence-electron chi connectivity index (χ3n) is 5.21. The van der Waals surface area contributed by atoms with Gasteiger partial charge in [0.1, 0.15) is 18.0 Å². The number of alkyl halides is 3. The highest BCUT2D eigenvalue weighted by atomic mass is 19.4. The van der Waals surface area contributed by atoms with Crippen LogP contribution in [0.2, 0.25) is 0 Å². The second-order valence-electron chi connectivity index (χ2n) is 7.25. The fourth-order valence-electron chi connectivity index (χ4n) is 3.77. The normalized spacial score (nSPS) is 25.6. The second kappa shape index (κ2) is 7.96. The summed E-state index contributed by atoms with van der Waals surface area (Å²) in [5.74, 6) is 1.83. The van der Waals surface area contributed by atoms with Crippen LogP contribution in [0.25, 0.3) is 0 Å². The molecule has 3 heterocycles. The van der Waals surface area contributed by atoms with Gasteiger partial charge in [-0.25, -0.2) is 9.97 Å². The average molecular weight is 373 g/mol. The molecule has 0 spiro atoms. The fraction of sp³-hybridized carbons (Fsp3) is 0.765. The Balaban J connectivity index is 1.65. The molecule has 1 aromatic heterocycles. The lowest BCUT2D eigenvalue weighted by Crippen LogP contribution is -2.54. The SMILES string of the molecule is CC1CN(c2cc(N3CCCC(CO)C3)ncn2)CCN1CC(F)(F)F. The first-order valence-corrected chi connectivity index (χ1v) is 9.09. The third-order valence-corrected chi connectivity index (χ3v) is 5.21. The summed E-state index contributed by atoms with van der Waals surface area (Å²) in [4.78, 5) is 14.3. The second-order valence-corrected chi connectivity index (χ2v) is 7.25. The van der Waals surface area contributed by atoms with Gasteiger partial charge in [0.25, 0.3) is 0 Å². The van der Waals surface area contributed by atoms with Crippen molar-refractivity contribution in [2.24, 2.45) is 5.92 Å². The third kappa shape index (κ3) is 4.76. The lowest BCUT2D eigenvalue weighted by Gasteiger charge is -2.40. The number of aromatic nitrogens is 2. The van der Waals surface area contributed by atoms with E-state index < -0.39 is 12.7 Å². The van der Waals surface area contributed by atoms with Crippen LogP contribution in [0.3, 0.4) is 0 Å². The van der Waals surface area contributed by atoms with Crippen molar-refractivity contribution in [2.45, 2.75) is 32.0 Å². The van der Waals surface area contributed by atoms with Crippen molar-refractivity contribution in [3.63, 3.8) is 0 Å². The first kappa shape index (κ1) is 19.2. The molecule has 0 bridgehead atoms. The van der Waals surface area contributed by atoms with Crippen LogP contribution in [-0.2, 0) is 0 Å². The van der Waals surface area contributed by atoms with Crippen molar-refractivity contribution in [1.29, 1.82) is 0 Å². The Bertz CT molecular complexity index is 600. The van der Waals surface area contributed by atoms with Gasteiger partial charge < -0.3 is 14.9 Å². The molecule has 9 heteroatoms. The van der Waals surface area contributed by atoms with E-state index >= 15 is 0 Å². The van der Waals surface area contributed by atoms with Crippen molar-refractivity contribution in [3.05, 3.63) is 12.4 Å². The van der Waals surface area contributed by atoms with Gasteiger partial charge in [0.15, 0.2) is 0 Å². The number of piperazine rings is 1. The molecule has 6 nitrogen and oxygen atoms in total. The number of hydrogen-bond acceptors (Lipinski definition) is 6. The molecule has 146 valence electrons. The maximum Gasteiger partial charge on any atom is 0.401 e. The van der Waals surface area contributed by atoms with Gasteiger partial charge in [-0.3, -0.25) is 4.90 Å². The number of hydrogen-bond donors (Lipinski definition) is 1. The molecule has 2 saturated heterocycles. The van der Waals surface area contributed by atoms with Crippen molar-refractivity contribution >= 4 is 11.6 Å². The van der Waals surface area contributed by atoms with Crippen LogP contribution in [0.4, 0.5) is 24.8 Å². The van der Waals surface area contributed by atoms with E-state index in [2.05, 4.69) is 14.9 Å². The number of aliphatic hydroxyl groups excluding tert-OH is 1. The molecule has 2 aliphatic rings. The van der Waals surface area contributed by atoms with E-state index in [1.54, 1.807) is 0 Å². The topological polar surface area (TPSA) is 55.7 Å². The standard InChI is InChI=1S/C17H26F3N5O/c1-13-8-24(5-6-25(13)11-17(18,19)20)16-7-15(21-12-22-16)23-4-2-3-14(9-23)10-26/h7,12-14,26H,2-6,8-11H2,1H3. The molecular weight excluding hydrogens is 347 g/mol. The summed E-state index contributed by atoms with van der Waals surface area (Å²) in [5, 5.41) is 9.40. The van der Waals surface area contributed by atoms with Gasteiger partial charge in [0.2, 0.25) is 0 Å². The molecule has 2 atom stereocenters.